The largest absolute Gasteiger partial charge is 0.463 e. The number of fused-ring (bicyclic) bond motifs is 1. The molecular weight excluding hydrogens is 328 g/mol. The highest BCUT2D eigenvalue weighted by Gasteiger charge is 2.14. The van der Waals surface area contributed by atoms with Gasteiger partial charge in [0, 0.05) is 25.1 Å². The minimum Gasteiger partial charge on any atom is -0.463 e. The second-order valence-corrected chi connectivity index (χ2v) is 6.63. The topological polar surface area (TPSA) is 64.4 Å². The lowest BCUT2D eigenvalue weighted by molar-refractivity contribution is 0.0926. The van der Waals surface area contributed by atoms with E-state index in [0.29, 0.717) is 36.1 Å². The first-order valence-electron chi connectivity index (χ1n) is 8.95. The summed E-state index contributed by atoms with van der Waals surface area (Å²) >= 11 is 0. The Balaban J connectivity index is 1.72. The SMILES string of the molecule is CC(C)COCCCNC(=O)c1cc(-c2ccco2)nc2ccccc12. The molecule has 0 bridgehead atoms. The molecule has 0 saturated carbocycles. The summed E-state index contributed by atoms with van der Waals surface area (Å²) in [5.41, 5.74) is 2.02. The van der Waals surface area contributed by atoms with Gasteiger partial charge in [0.15, 0.2) is 5.76 Å². The van der Waals surface area contributed by atoms with Gasteiger partial charge in [0.05, 0.1) is 17.3 Å². The molecule has 1 aromatic carbocycles. The van der Waals surface area contributed by atoms with Gasteiger partial charge >= 0.3 is 0 Å². The molecule has 26 heavy (non-hydrogen) atoms. The van der Waals surface area contributed by atoms with Gasteiger partial charge in [-0.3, -0.25) is 4.79 Å². The molecule has 5 nitrogen and oxygen atoms in total. The van der Waals surface area contributed by atoms with Crippen molar-refractivity contribution in [1.29, 1.82) is 0 Å². The van der Waals surface area contributed by atoms with E-state index in [1.165, 1.54) is 0 Å². The maximum atomic E-state index is 12.7. The average Bonchev–Trinajstić information content (AvgIpc) is 3.18. The number of pyridine rings is 1. The number of benzene rings is 1. The summed E-state index contributed by atoms with van der Waals surface area (Å²) in [7, 11) is 0. The van der Waals surface area contributed by atoms with Crippen LogP contribution in [-0.4, -0.2) is 30.6 Å². The number of carbonyl (C=O) groups is 1. The Labute approximate surface area is 153 Å². The van der Waals surface area contributed by atoms with Crippen LogP contribution in [0.1, 0.15) is 30.6 Å². The molecule has 0 aliphatic rings. The van der Waals surface area contributed by atoms with Crippen LogP contribution < -0.4 is 5.32 Å². The highest BCUT2D eigenvalue weighted by atomic mass is 16.5. The van der Waals surface area contributed by atoms with Crippen LogP contribution in [0, 0.1) is 5.92 Å². The molecule has 5 heteroatoms. The number of ether oxygens (including phenoxy) is 1. The number of aromatic nitrogens is 1. The van der Waals surface area contributed by atoms with Gasteiger partial charge in [-0.25, -0.2) is 4.98 Å². The van der Waals surface area contributed by atoms with Crippen molar-refractivity contribution in [2.75, 3.05) is 19.8 Å². The highest BCUT2D eigenvalue weighted by molar-refractivity contribution is 6.07. The number of nitrogens with one attached hydrogen (secondary N) is 1. The molecule has 3 rings (SSSR count). The minimum atomic E-state index is -0.111. The normalized spacial score (nSPS) is 11.2. The van der Waals surface area contributed by atoms with Crippen LogP contribution in [0.3, 0.4) is 0 Å². The molecule has 2 aromatic heterocycles. The zero-order valence-corrected chi connectivity index (χ0v) is 15.2. The van der Waals surface area contributed by atoms with Crippen molar-refractivity contribution in [2.24, 2.45) is 5.92 Å². The van der Waals surface area contributed by atoms with Crippen molar-refractivity contribution < 1.29 is 13.9 Å². The molecule has 0 aliphatic heterocycles. The molecule has 2 heterocycles. The van der Waals surface area contributed by atoms with Crippen molar-refractivity contribution >= 4 is 16.8 Å². The molecule has 1 amide bonds. The van der Waals surface area contributed by atoms with Crippen LogP contribution >= 0.6 is 0 Å². The van der Waals surface area contributed by atoms with E-state index in [0.717, 1.165) is 23.9 Å². The fraction of sp³-hybridized carbons (Fsp3) is 0.333. The molecule has 0 saturated heterocycles. The summed E-state index contributed by atoms with van der Waals surface area (Å²) in [6, 6.07) is 13.1. The number of para-hydroxylation sites is 1. The average molecular weight is 352 g/mol. The first kappa shape index (κ1) is 18.1. The lowest BCUT2D eigenvalue weighted by atomic mass is 10.1. The second-order valence-electron chi connectivity index (χ2n) is 6.63. The van der Waals surface area contributed by atoms with Crippen molar-refractivity contribution in [3.8, 4) is 11.5 Å². The second kappa shape index (κ2) is 8.63. The Morgan fingerprint density at radius 1 is 1.23 bits per heavy atom. The van der Waals surface area contributed by atoms with E-state index in [-0.39, 0.29) is 5.91 Å². The van der Waals surface area contributed by atoms with E-state index in [2.05, 4.69) is 24.1 Å². The molecular formula is C21H24N2O3. The predicted molar refractivity (Wildman–Crippen MR) is 102 cm³/mol. The van der Waals surface area contributed by atoms with E-state index in [9.17, 15) is 4.79 Å². The maximum Gasteiger partial charge on any atom is 0.252 e. The van der Waals surface area contributed by atoms with Gasteiger partial charge in [0.1, 0.15) is 5.69 Å². The van der Waals surface area contributed by atoms with Crippen LogP contribution in [0.4, 0.5) is 0 Å². The third-order valence-electron chi connectivity index (χ3n) is 3.94. The van der Waals surface area contributed by atoms with E-state index in [1.807, 2.05) is 36.4 Å². The lowest BCUT2D eigenvalue weighted by Crippen LogP contribution is -2.25. The number of amides is 1. The number of hydrogen-bond donors (Lipinski definition) is 1. The number of carbonyl (C=O) groups excluding carboxylic acids is 1. The summed E-state index contributed by atoms with van der Waals surface area (Å²) in [4.78, 5) is 17.3. The monoisotopic (exact) mass is 352 g/mol. The Bertz CT molecular complexity index is 857. The molecule has 0 aliphatic carbocycles. The van der Waals surface area contributed by atoms with Gasteiger partial charge in [0.2, 0.25) is 0 Å². The lowest BCUT2D eigenvalue weighted by Gasteiger charge is -2.10. The molecule has 1 N–H and O–H groups in total. The fourth-order valence-corrected chi connectivity index (χ4v) is 2.70. The van der Waals surface area contributed by atoms with Crippen molar-refractivity contribution in [3.05, 3.63) is 54.3 Å². The van der Waals surface area contributed by atoms with E-state index in [4.69, 9.17) is 9.15 Å². The van der Waals surface area contributed by atoms with Gasteiger partial charge in [-0.2, -0.15) is 0 Å². The van der Waals surface area contributed by atoms with Crippen LogP contribution in [0.25, 0.3) is 22.4 Å². The van der Waals surface area contributed by atoms with E-state index >= 15 is 0 Å². The third kappa shape index (κ3) is 4.49. The van der Waals surface area contributed by atoms with Crippen LogP contribution in [0.5, 0.6) is 0 Å². The number of furan rings is 1. The molecule has 0 spiro atoms. The Hall–Kier alpha value is -2.66. The molecule has 3 aromatic rings. The Morgan fingerprint density at radius 3 is 2.85 bits per heavy atom. The molecule has 0 atom stereocenters. The van der Waals surface area contributed by atoms with Crippen molar-refractivity contribution in [3.63, 3.8) is 0 Å². The third-order valence-corrected chi connectivity index (χ3v) is 3.94. The number of nitrogens with zero attached hydrogens (tertiary/aromatic N) is 1. The highest BCUT2D eigenvalue weighted by Crippen LogP contribution is 2.25. The van der Waals surface area contributed by atoms with Crippen LogP contribution in [0.15, 0.2) is 53.1 Å². The Kier molecular flexibility index (Phi) is 6.02. The quantitative estimate of drug-likeness (QED) is 0.614. The number of rotatable bonds is 8. The first-order valence-corrected chi connectivity index (χ1v) is 8.95. The first-order chi connectivity index (χ1) is 12.6. The van der Waals surface area contributed by atoms with Crippen molar-refractivity contribution in [1.82, 2.24) is 10.3 Å². The van der Waals surface area contributed by atoms with E-state index < -0.39 is 0 Å². The van der Waals surface area contributed by atoms with Gasteiger partial charge in [-0.05, 0) is 36.6 Å². The summed E-state index contributed by atoms with van der Waals surface area (Å²) in [6.45, 7) is 6.20. The van der Waals surface area contributed by atoms with Crippen molar-refractivity contribution in [2.45, 2.75) is 20.3 Å². The standard InChI is InChI=1S/C21H24N2O3/c1-15(2)14-25-11-6-10-22-21(24)17-13-19(20-9-5-12-26-20)23-18-8-4-3-7-16(17)18/h3-5,7-9,12-13,15H,6,10-11,14H2,1-2H3,(H,22,24). The molecule has 0 unspecified atom stereocenters. The molecule has 136 valence electrons. The van der Waals surface area contributed by atoms with Crippen LogP contribution in [-0.2, 0) is 4.74 Å². The zero-order chi connectivity index (χ0) is 18.4. The smallest absolute Gasteiger partial charge is 0.252 e. The van der Waals surface area contributed by atoms with Gasteiger partial charge in [0.25, 0.3) is 5.91 Å². The van der Waals surface area contributed by atoms with Gasteiger partial charge in [-0.15, -0.1) is 0 Å². The summed E-state index contributed by atoms with van der Waals surface area (Å²) in [5, 5.41) is 3.80. The fourth-order valence-electron chi connectivity index (χ4n) is 2.70. The summed E-state index contributed by atoms with van der Waals surface area (Å²) in [5.74, 6) is 1.06. The van der Waals surface area contributed by atoms with Crippen LogP contribution in [0.2, 0.25) is 0 Å². The van der Waals surface area contributed by atoms with Gasteiger partial charge in [-0.1, -0.05) is 32.0 Å². The summed E-state index contributed by atoms with van der Waals surface area (Å²) in [6.07, 6.45) is 2.38. The Morgan fingerprint density at radius 2 is 2.08 bits per heavy atom. The predicted octanol–water partition coefficient (Wildman–Crippen LogP) is 4.29. The molecule has 0 radical (unpaired) electrons. The maximum absolute atomic E-state index is 12.7. The summed E-state index contributed by atoms with van der Waals surface area (Å²) < 4.78 is 11.0. The number of hydrogen-bond acceptors (Lipinski definition) is 4. The van der Waals surface area contributed by atoms with E-state index in [1.54, 1.807) is 12.3 Å². The van der Waals surface area contributed by atoms with Gasteiger partial charge < -0.3 is 14.5 Å². The zero-order valence-electron chi connectivity index (χ0n) is 15.2. The molecule has 0 fully saturated rings. The minimum absolute atomic E-state index is 0.111.